The predicted octanol–water partition coefficient (Wildman–Crippen LogP) is 6.67. The Balaban J connectivity index is 2.33. The number of hydrogen-bond acceptors (Lipinski definition) is 4. The highest BCUT2D eigenvalue weighted by Crippen LogP contribution is 2.20. The first-order valence-electron chi connectivity index (χ1n) is 10.9. The van der Waals surface area contributed by atoms with Crippen molar-refractivity contribution in [2.45, 2.75) is 90.9 Å². The molecule has 0 bridgehead atoms. The van der Waals surface area contributed by atoms with E-state index in [9.17, 15) is 9.59 Å². The van der Waals surface area contributed by atoms with Crippen molar-refractivity contribution in [1.82, 2.24) is 0 Å². The minimum atomic E-state index is -0.439. The summed E-state index contributed by atoms with van der Waals surface area (Å²) in [4.78, 5) is 24.2. The largest absolute Gasteiger partial charge is 0.465 e. The molecule has 0 unspecified atom stereocenters. The minimum Gasteiger partial charge on any atom is -0.465 e. The van der Waals surface area contributed by atoms with E-state index in [1.54, 1.807) is 18.2 Å². The van der Waals surface area contributed by atoms with Crippen LogP contribution < -0.4 is 0 Å². The highest BCUT2D eigenvalue weighted by molar-refractivity contribution is 5.95. The molecule has 158 valence electrons. The van der Waals surface area contributed by atoms with Gasteiger partial charge in [-0.1, -0.05) is 78.6 Å². The molecule has 28 heavy (non-hydrogen) atoms. The second-order valence-corrected chi connectivity index (χ2v) is 7.81. The van der Waals surface area contributed by atoms with Crippen molar-refractivity contribution in [2.24, 2.45) is 0 Å². The predicted molar refractivity (Wildman–Crippen MR) is 114 cm³/mol. The maximum absolute atomic E-state index is 12.4. The van der Waals surface area contributed by atoms with Gasteiger partial charge in [0, 0.05) is 0 Å². The van der Waals surface area contributed by atoms with Crippen LogP contribution in [0.15, 0.2) is 18.2 Å². The lowest BCUT2D eigenvalue weighted by molar-refractivity contribution is 0.0497. The van der Waals surface area contributed by atoms with Gasteiger partial charge in [0.15, 0.2) is 0 Å². The fraction of sp³-hybridized carbons (Fsp3) is 0.667. The Bertz CT molecular complexity index is 592. The van der Waals surface area contributed by atoms with Crippen molar-refractivity contribution in [3.63, 3.8) is 0 Å². The smallest absolute Gasteiger partial charge is 0.338 e. The minimum absolute atomic E-state index is 0.207. The van der Waals surface area contributed by atoms with Gasteiger partial charge in [0.1, 0.15) is 0 Å². The van der Waals surface area contributed by atoms with Crippen molar-refractivity contribution < 1.29 is 19.1 Å². The summed E-state index contributed by atoms with van der Waals surface area (Å²) in [6.45, 7) is 6.71. The average molecular weight is 391 g/mol. The van der Waals surface area contributed by atoms with E-state index < -0.39 is 5.97 Å². The fourth-order valence-electron chi connectivity index (χ4n) is 3.18. The summed E-state index contributed by atoms with van der Waals surface area (Å²) in [5.74, 6) is -0.604. The lowest BCUT2D eigenvalue weighted by Gasteiger charge is -2.11. The molecule has 0 saturated carbocycles. The van der Waals surface area contributed by atoms with Crippen LogP contribution in [-0.4, -0.2) is 25.7 Å². The molecule has 0 aliphatic carbocycles. The maximum Gasteiger partial charge on any atom is 0.338 e. The third kappa shape index (κ3) is 9.38. The third-order valence-electron chi connectivity index (χ3n) is 5.01. The topological polar surface area (TPSA) is 52.6 Å². The first-order chi connectivity index (χ1) is 13.5. The van der Waals surface area contributed by atoms with Gasteiger partial charge in [-0.3, -0.25) is 0 Å². The van der Waals surface area contributed by atoms with E-state index in [0.717, 1.165) is 18.4 Å². The first kappa shape index (κ1) is 24.2. The molecule has 0 fully saturated rings. The molecule has 0 saturated heterocycles. The SMILES string of the molecule is CCCCCCCCCCCCOC(=O)c1cc(C(=O)OC)cc(C(C)C)c1. The number of rotatable bonds is 14. The summed E-state index contributed by atoms with van der Waals surface area (Å²) in [5.41, 5.74) is 1.73. The van der Waals surface area contributed by atoms with Gasteiger partial charge in [0.05, 0.1) is 24.8 Å². The monoisotopic (exact) mass is 390 g/mol. The highest BCUT2D eigenvalue weighted by atomic mass is 16.5. The van der Waals surface area contributed by atoms with Crippen LogP contribution in [-0.2, 0) is 9.47 Å². The molecule has 0 radical (unpaired) electrons. The number of unbranched alkanes of at least 4 members (excludes halogenated alkanes) is 9. The van der Waals surface area contributed by atoms with E-state index in [2.05, 4.69) is 6.92 Å². The average Bonchev–Trinajstić information content (AvgIpc) is 2.70. The van der Waals surface area contributed by atoms with Gasteiger partial charge in [-0.05, 0) is 36.1 Å². The Labute approximate surface area is 171 Å². The van der Waals surface area contributed by atoms with Crippen molar-refractivity contribution in [1.29, 1.82) is 0 Å². The molecule has 4 heteroatoms. The Morgan fingerprint density at radius 3 is 1.79 bits per heavy atom. The van der Waals surface area contributed by atoms with Crippen LogP contribution in [0.1, 0.15) is 117 Å². The number of carbonyl (C=O) groups excluding carboxylic acids is 2. The van der Waals surface area contributed by atoms with Crippen molar-refractivity contribution in [2.75, 3.05) is 13.7 Å². The Morgan fingerprint density at radius 2 is 1.29 bits per heavy atom. The van der Waals surface area contributed by atoms with E-state index in [-0.39, 0.29) is 11.9 Å². The summed E-state index contributed by atoms with van der Waals surface area (Å²) >= 11 is 0. The van der Waals surface area contributed by atoms with Crippen LogP contribution in [0.2, 0.25) is 0 Å². The van der Waals surface area contributed by atoms with Gasteiger partial charge >= 0.3 is 11.9 Å². The Morgan fingerprint density at radius 1 is 0.786 bits per heavy atom. The van der Waals surface area contributed by atoms with Gasteiger partial charge in [0.25, 0.3) is 0 Å². The zero-order valence-electron chi connectivity index (χ0n) is 18.2. The molecule has 1 rings (SSSR count). The summed E-state index contributed by atoms with van der Waals surface area (Å²) in [5, 5.41) is 0. The highest BCUT2D eigenvalue weighted by Gasteiger charge is 2.15. The molecular formula is C24H38O4. The summed E-state index contributed by atoms with van der Waals surface area (Å²) in [6.07, 6.45) is 12.4. The molecule has 1 aromatic carbocycles. The molecule has 4 nitrogen and oxygen atoms in total. The normalized spacial score (nSPS) is 10.9. The molecular weight excluding hydrogens is 352 g/mol. The summed E-state index contributed by atoms with van der Waals surface area (Å²) < 4.78 is 10.2. The van der Waals surface area contributed by atoms with Gasteiger partial charge in [0.2, 0.25) is 0 Å². The number of benzene rings is 1. The molecule has 0 aliphatic rings. The van der Waals surface area contributed by atoms with Gasteiger partial charge in [-0.15, -0.1) is 0 Å². The second-order valence-electron chi connectivity index (χ2n) is 7.81. The lowest BCUT2D eigenvalue weighted by Crippen LogP contribution is -2.10. The number of esters is 2. The zero-order valence-corrected chi connectivity index (χ0v) is 18.2. The van der Waals surface area contributed by atoms with Crippen molar-refractivity contribution in [3.05, 3.63) is 34.9 Å². The number of ether oxygens (including phenoxy) is 2. The van der Waals surface area contributed by atoms with Crippen LogP contribution in [0.4, 0.5) is 0 Å². The maximum atomic E-state index is 12.4. The Kier molecular flexibility index (Phi) is 12.3. The first-order valence-corrected chi connectivity index (χ1v) is 10.9. The number of carbonyl (C=O) groups is 2. The van der Waals surface area contributed by atoms with Gasteiger partial charge in [-0.25, -0.2) is 9.59 Å². The van der Waals surface area contributed by atoms with Gasteiger partial charge < -0.3 is 9.47 Å². The summed E-state index contributed by atoms with van der Waals surface area (Å²) in [7, 11) is 1.34. The van der Waals surface area contributed by atoms with Crippen LogP contribution >= 0.6 is 0 Å². The third-order valence-corrected chi connectivity index (χ3v) is 5.01. The lowest BCUT2D eigenvalue weighted by atomic mass is 9.97. The Hall–Kier alpha value is -1.84. The number of methoxy groups -OCH3 is 1. The van der Waals surface area contributed by atoms with Crippen molar-refractivity contribution in [3.8, 4) is 0 Å². The molecule has 0 heterocycles. The molecule has 0 aliphatic heterocycles. The molecule has 0 N–H and O–H groups in total. The van der Waals surface area contributed by atoms with E-state index in [1.807, 2.05) is 13.8 Å². The molecule has 0 amide bonds. The second kappa shape index (κ2) is 14.2. The summed E-state index contributed by atoms with van der Waals surface area (Å²) in [6, 6.07) is 5.13. The quantitative estimate of drug-likeness (QED) is 0.263. The van der Waals surface area contributed by atoms with Crippen molar-refractivity contribution >= 4 is 11.9 Å². The standard InChI is InChI=1S/C24H38O4/c1-5-6-7-8-9-10-11-12-13-14-15-28-24(26)22-17-20(19(2)3)16-21(18-22)23(25)27-4/h16-19H,5-15H2,1-4H3. The van der Waals surface area contributed by atoms with Crippen LogP contribution in [0.3, 0.4) is 0 Å². The molecule has 0 spiro atoms. The van der Waals surface area contributed by atoms with Crippen LogP contribution in [0.25, 0.3) is 0 Å². The molecule has 1 aromatic rings. The van der Waals surface area contributed by atoms with E-state index in [0.29, 0.717) is 17.7 Å². The van der Waals surface area contributed by atoms with E-state index >= 15 is 0 Å². The fourth-order valence-corrected chi connectivity index (χ4v) is 3.18. The number of hydrogen-bond donors (Lipinski definition) is 0. The molecule has 0 atom stereocenters. The zero-order chi connectivity index (χ0) is 20.8. The molecule has 0 aromatic heterocycles. The van der Waals surface area contributed by atoms with Gasteiger partial charge in [-0.2, -0.15) is 0 Å². The van der Waals surface area contributed by atoms with Crippen LogP contribution in [0.5, 0.6) is 0 Å². The van der Waals surface area contributed by atoms with E-state index in [1.165, 1.54) is 58.5 Å². The van der Waals surface area contributed by atoms with Crippen LogP contribution in [0, 0.1) is 0 Å². The van der Waals surface area contributed by atoms with E-state index in [4.69, 9.17) is 9.47 Å².